The number of nitrogens with one attached hydrogen (secondary N) is 1. The van der Waals surface area contributed by atoms with Gasteiger partial charge in [-0.3, -0.25) is 0 Å². The van der Waals surface area contributed by atoms with Crippen LogP contribution in [-0.2, 0) is 0 Å². The Kier molecular flexibility index (Phi) is 8.10. The largest absolute Gasteiger partial charge is 0.384 e. The maximum atomic E-state index is 4.82. The van der Waals surface area contributed by atoms with Gasteiger partial charge in [-0.1, -0.05) is 49.7 Å². The number of para-hydroxylation sites is 2. The van der Waals surface area contributed by atoms with E-state index in [0.717, 1.165) is 17.6 Å². The number of anilines is 1. The van der Waals surface area contributed by atoms with Crippen LogP contribution in [0.25, 0.3) is 21.8 Å². The molecule has 29 heavy (non-hydrogen) atoms. The van der Waals surface area contributed by atoms with Crippen LogP contribution in [0.5, 0.6) is 0 Å². The van der Waals surface area contributed by atoms with Gasteiger partial charge in [0.1, 0.15) is 0 Å². The van der Waals surface area contributed by atoms with Crippen molar-refractivity contribution in [3.8, 4) is 0 Å². The summed E-state index contributed by atoms with van der Waals surface area (Å²) in [6.07, 6.45) is 3.79. The van der Waals surface area contributed by atoms with Gasteiger partial charge in [0, 0.05) is 43.5 Å². The number of pyridine rings is 1. The van der Waals surface area contributed by atoms with Crippen LogP contribution in [0.2, 0.25) is 0 Å². The van der Waals surface area contributed by atoms with Gasteiger partial charge in [-0.15, -0.1) is 12.4 Å². The summed E-state index contributed by atoms with van der Waals surface area (Å²) in [6, 6.07) is 16.9. The summed E-state index contributed by atoms with van der Waals surface area (Å²) in [5, 5.41) is 6.16. The van der Waals surface area contributed by atoms with Gasteiger partial charge >= 0.3 is 0 Å². The standard InChI is InChI=1S/C24H32N4.ClH/c1-2-3-14-27-16-18-28(19-17-27)15-8-13-25-24-20-9-4-6-11-22(20)26-23-12-7-5-10-21(23)24;/h4-7,9-12H,2-3,8,13-19H2,1H3,(H,25,26);1H. The van der Waals surface area contributed by atoms with Crippen LogP contribution >= 0.6 is 12.4 Å². The Morgan fingerprint density at radius 3 is 1.86 bits per heavy atom. The van der Waals surface area contributed by atoms with E-state index in [1.165, 1.54) is 75.0 Å². The number of fused-ring (bicyclic) bond motifs is 2. The van der Waals surface area contributed by atoms with Crippen molar-refractivity contribution < 1.29 is 0 Å². The number of aromatic nitrogens is 1. The fourth-order valence-corrected chi connectivity index (χ4v) is 4.16. The quantitative estimate of drug-likeness (QED) is 0.415. The molecule has 0 spiro atoms. The van der Waals surface area contributed by atoms with E-state index in [1.807, 2.05) is 0 Å². The third-order valence-corrected chi connectivity index (χ3v) is 5.83. The molecule has 2 heterocycles. The van der Waals surface area contributed by atoms with Crippen LogP contribution in [0.1, 0.15) is 26.2 Å². The second kappa shape index (κ2) is 10.8. The number of benzene rings is 2. The molecule has 0 bridgehead atoms. The Balaban J connectivity index is 0.00000240. The molecule has 0 amide bonds. The first-order valence-electron chi connectivity index (χ1n) is 10.8. The van der Waals surface area contributed by atoms with Crippen molar-refractivity contribution in [1.82, 2.24) is 14.8 Å². The van der Waals surface area contributed by atoms with Gasteiger partial charge in [0.05, 0.1) is 16.7 Å². The highest BCUT2D eigenvalue weighted by Gasteiger charge is 2.15. The number of nitrogens with zero attached hydrogens (tertiary/aromatic N) is 3. The maximum absolute atomic E-state index is 4.82. The summed E-state index contributed by atoms with van der Waals surface area (Å²) < 4.78 is 0. The van der Waals surface area contributed by atoms with Gasteiger partial charge in [0.25, 0.3) is 0 Å². The van der Waals surface area contributed by atoms with Crippen molar-refractivity contribution in [2.75, 3.05) is 51.1 Å². The van der Waals surface area contributed by atoms with Crippen molar-refractivity contribution >= 4 is 39.9 Å². The highest BCUT2D eigenvalue weighted by Crippen LogP contribution is 2.30. The zero-order chi connectivity index (χ0) is 19.2. The van der Waals surface area contributed by atoms with E-state index in [2.05, 4.69) is 70.6 Å². The Labute approximate surface area is 180 Å². The monoisotopic (exact) mass is 412 g/mol. The molecule has 1 saturated heterocycles. The number of piperazine rings is 1. The predicted molar refractivity (Wildman–Crippen MR) is 127 cm³/mol. The molecule has 3 aromatic rings. The lowest BCUT2D eigenvalue weighted by Gasteiger charge is -2.34. The van der Waals surface area contributed by atoms with E-state index in [0.29, 0.717) is 0 Å². The molecule has 0 radical (unpaired) electrons. The SMILES string of the molecule is CCCCN1CCN(CCCNc2c3ccccc3nc3ccccc23)CC1.Cl. The Hall–Kier alpha value is -1.88. The topological polar surface area (TPSA) is 31.4 Å². The summed E-state index contributed by atoms with van der Waals surface area (Å²) in [5.74, 6) is 0. The number of rotatable bonds is 8. The minimum absolute atomic E-state index is 0. The molecule has 0 saturated carbocycles. The van der Waals surface area contributed by atoms with Crippen molar-refractivity contribution in [3.63, 3.8) is 0 Å². The van der Waals surface area contributed by atoms with Crippen molar-refractivity contribution in [1.29, 1.82) is 0 Å². The maximum Gasteiger partial charge on any atom is 0.0730 e. The molecule has 1 N–H and O–H groups in total. The molecule has 4 rings (SSSR count). The van der Waals surface area contributed by atoms with Gasteiger partial charge in [-0.2, -0.15) is 0 Å². The molecule has 4 nitrogen and oxygen atoms in total. The third-order valence-electron chi connectivity index (χ3n) is 5.83. The molecule has 156 valence electrons. The molecule has 0 atom stereocenters. The smallest absolute Gasteiger partial charge is 0.0730 e. The molecule has 1 aliphatic rings. The molecule has 5 heteroatoms. The lowest BCUT2D eigenvalue weighted by atomic mass is 10.1. The van der Waals surface area contributed by atoms with Crippen LogP contribution in [-0.4, -0.2) is 60.6 Å². The minimum atomic E-state index is 0. The molecular formula is C24H33ClN4. The zero-order valence-electron chi connectivity index (χ0n) is 17.4. The fourth-order valence-electron chi connectivity index (χ4n) is 4.16. The summed E-state index contributed by atoms with van der Waals surface area (Å²) in [7, 11) is 0. The lowest BCUT2D eigenvalue weighted by molar-refractivity contribution is 0.131. The minimum Gasteiger partial charge on any atom is -0.384 e. The molecule has 1 aliphatic heterocycles. The molecule has 0 aliphatic carbocycles. The first-order valence-corrected chi connectivity index (χ1v) is 10.8. The van der Waals surface area contributed by atoms with Gasteiger partial charge in [0.2, 0.25) is 0 Å². The van der Waals surface area contributed by atoms with E-state index in [9.17, 15) is 0 Å². The summed E-state index contributed by atoms with van der Waals surface area (Å²) in [6.45, 7) is 10.6. The third kappa shape index (κ3) is 5.39. The van der Waals surface area contributed by atoms with Gasteiger partial charge in [-0.05, 0) is 38.1 Å². The summed E-state index contributed by atoms with van der Waals surface area (Å²) in [4.78, 5) is 10.1. The first kappa shape index (κ1) is 21.8. The number of unbranched alkanes of at least 4 members (excludes halogenated alkanes) is 1. The fraction of sp³-hybridized carbons (Fsp3) is 0.458. The zero-order valence-corrected chi connectivity index (χ0v) is 18.3. The van der Waals surface area contributed by atoms with Gasteiger partial charge in [0.15, 0.2) is 0 Å². The van der Waals surface area contributed by atoms with Crippen LogP contribution < -0.4 is 5.32 Å². The van der Waals surface area contributed by atoms with Crippen molar-refractivity contribution in [2.24, 2.45) is 0 Å². The van der Waals surface area contributed by atoms with Crippen molar-refractivity contribution in [3.05, 3.63) is 48.5 Å². The predicted octanol–water partition coefficient (Wildman–Crippen LogP) is 5.03. The van der Waals surface area contributed by atoms with Gasteiger partial charge in [-0.25, -0.2) is 4.98 Å². The summed E-state index contributed by atoms with van der Waals surface area (Å²) >= 11 is 0. The highest BCUT2D eigenvalue weighted by atomic mass is 35.5. The van der Waals surface area contributed by atoms with Crippen LogP contribution in [0.15, 0.2) is 48.5 Å². The lowest BCUT2D eigenvalue weighted by Crippen LogP contribution is -2.46. The summed E-state index contributed by atoms with van der Waals surface area (Å²) in [5.41, 5.74) is 3.35. The number of hydrogen-bond donors (Lipinski definition) is 1. The molecular weight excluding hydrogens is 380 g/mol. The normalized spacial score (nSPS) is 15.5. The Bertz CT molecular complexity index is 852. The average molecular weight is 413 g/mol. The molecule has 1 aromatic heterocycles. The highest BCUT2D eigenvalue weighted by molar-refractivity contribution is 6.07. The Morgan fingerprint density at radius 1 is 0.793 bits per heavy atom. The van der Waals surface area contributed by atoms with E-state index in [-0.39, 0.29) is 12.4 Å². The van der Waals surface area contributed by atoms with Crippen LogP contribution in [0, 0.1) is 0 Å². The van der Waals surface area contributed by atoms with E-state index < -0.39 is 0 Å². The number of hydrogen-bond acceptors (Lipinski definition) is 4. The molecule has 1 fully saturated rings. The molecule has 0 unspecified atom stereocenters. The Morgan fingerprint density at radius 2 is 1.31 bits per heavy atom. The number of halogens is 1. The van der Waals surface area contributed by atoms with Crippen molar-refractivity contribution in [2.45, 2.75) is 26.2 Å². The van der Waals surface area contributed by atoms with Gasteiger partial charge < -0.3 is 15.1 Å². The first-order chi connectivity index (χ1) is 13.8. The van der Waals surface area contributed by atoms with E-state index in [1.54, 1.807) is 0 Å². The van der Waals surface area contributed by atoms with Crippen LogP contribution in [0.3, 0.4) is 0 Å². The second-order valence-corrected chi connectivity index (χ2v) is 7.84. The molecule has 2 aromatic carbocycles. The average Bonchev–Trinajstić information content (AvgIpc) is 2.75. The van der Waals surface area contributed by atoms with Crippen LogP contribution in [0.4, 0.5) is 5.69 Å². The van der Waals surface area contributed by atoms with E-state index in [4.69, 9.17) is 4.98 Å². The second-order valence-electron chi connectivity index (χ2n) is 7.84. The van der Waals surface area contributed by atoms with E-state index >= 15 is 0 Å².